The van der Waals surface area contributed by atoms with Crippen LogP contribution >= 0.6 is 0 Å². The number of nitrogens with zero attached hydrogens (tertiary/aromatic N) is 2. The molecule has 106 valence electrons. The molecule has 6 nitrogen and oxygen atoms in total. The van der Waals surface area contributed by atoms with Gasteiger partial charge in [-0.3, -0.25) is 0 Å². The predicted molar refractivity (Wildman–Crippen MR) is 75.2 cm³/mol. The summed E-state index contributed by atoms with van der Waals surface area (Å²) >= 11 is 0. The zero-order valence-electron chi connectivity index (χ0n) is 11.5. The maximum atomic E-state index is 10.8. The Morgan fingerprint density at radius 2 is 2.15 bits per heavy atom. The average Bonchev–Trinajstić information content (AvgIpc) is 2.78. The molecule has 0 aliphatic carbocycles. The smallest absolute Gasteiger partial charge is 0.434 e. The molecule has 1 aromatic heterocycles. The zero-order valence-corrected chi connectivity index (χ0v) is 11.5. The molecule has 0 radical (unpaired) electrons. The minimum Gasteiger partial charge on any atom is -0.497 e. The Balaban J connectivity index is 2.09. The Morgan fingerprint density at radius 1 is 1.40 bits per heavy atom. The minimum absolute atomic E-state index is 0.138. The number of rotatable bonds is 4. The second-order valence-corrected chi connectivity index (χ2v) is 4.55. The molecule has 2 rings (SSSR count). The van der Waals surface area contributed by atoms with Gasteiger partial charge in [0, 0.05) is 6.07 Å². The van der Waals surface area contributed by atoms with Gasteiger partial charge >= 0.3 is 6.09 Å². The highest BCUT2D eigenvalue weighted by Crippen LogP contribution is 2.18. The van der Waals surface area contributed by atoms with E-state index in [0.29, 0.717) is 12.1 Å². The van der Waals surface area contributed by atoms with Crippen LogP contribution in [-0.2, 0) is 12.8 Å². The molecule has 0 saturated heterocycles. The molecular weight excluding hydrogens is 258 g/mol. The molecule has 6 heteroatoms. The lowest BCUT2D eigenvalue weighted by Gasteiger charge is -2.07. The number of ether oxygens (including phenoxy) is 1. The van der Waals surface area contributed by atoms with Crippen molar-refractivity contribution in [3.8, 4) is 5.75 Å². The molecule has 1 heterocycles. The third-order valence-corrected chi connectivity index (χ3v) is 3.17. The number of hydrogen-bond acceptors (Lipinski definition) is 4. The average molecular weight is 275 g/mol. The lowest BCUT2D eigenvalue weighted by atomic mass is 10.0. The molecule has 0 aliphatic rings. The van der Waals surface area contributed by atoms with Gasteiger partial charge in [-0.2, -0.15) is 5.10 Å². The van der Waals surface area contributed by atoms with E-state index < -0.39 is 6.09 Å². The van der Waals surface area contributed by atoms with Gasteiger partial charge in [0.25, 0.3) is 0 Å². The zero-order chi connectivity index (χ0) is 14.7. The Bertz CT molecular complexity index is 635. The minimum atomic E-state index is -1.17. The first-order valence-electron chi connectivity index (χ1n) is 6.22. The first-order chi connectivity index (χ1) is 9.51. The van der Waals surface area contributed by atoms with Crippen LogP contribution in [0, 0.1) is 6.92 Å². The van der Waals surface area contributed by atoms with Gasteiger partial charge in [0.2, 0.25) is 0 Å². The first-order valence-corrected chi connectivity index (χ1v) is 6.22. The van der Waals surface area contributed by atoms with E-state index in [2.05, 4.69) is 5.10 Å². The molecule has 1 aromatic carbocycles. The van der Waals surface area contributed by atoms with E-state index in [0.717, 1.165) is 22.4 Å². The number of nitrogen functional groups attached to an aromatic ring is 1. The SMILES string of the molecule is COc1ccc(CCc2cc(N)n(C(=O)O)n2)c(C)c1. The molecule has 0 amide bonds. The molecule has 0 atom stereocenters. The number of methoxy groups -OCH3 is 1. The van der Waals surface area contributed by atoms with E-state index in [1.165, 1.54) is 5.56 Å². The van der Waals surface area contributed by atoms with E-state index in [-0.39, 0.29) is 5.82 Å². The Hall–Kier alpha value is -2.50. The maximum absolute atomic E-state index is 10.8. The summed E-state index contributed by atoms with van der Waals surface area (Å²) in [5, 5.41) is 12.8. The van der Waals surface area contributed by atoms with Crippen LogP contribution in [0.2, 0.25) is 0 Å². The van der Waals surface area contributed by atoms with Crippen molar-refractivity contribution >= 4 is 11.9 Å². The normalized spacial score (nSPS) is 10.5. The molecule has 0 spiro atoms. The summed E-state index contributed by atoms with van der Waals surface area (Å²) in [6.45, 7) is 2.02. The van der Waals surface area contributed by atoms with Crippen molar-refractivity contribution in [3.63, 3.8) is 0 Å². The molecule has 3 N–H and O–H groups in total. The van der Waals surface area contributed by atoms with Gasteiger partial charge in [-0.15, -0.1) is 4.68 Å². The Labute approximate surface area is 116 Å². The van der Waals surface area contributed by atoms with Crippen molar-refractivity contribution < 1.29 is 14.6 Å². The van der Waals surface area contributed by atoms with Gasteiger partial charge in [0.1, 0.15) is 11.6 Å². The van der Waals surface area contributed by atoms with Crippen LogP contribution in [0.3, 0.4) is 0 Å². The van der Waals surface area contributed by atoms with Crippen LogP contribution < -0.4 is 10.5 Å². The molecule has 20 heavy (non-hydrogen) atoms. The summed E-state index contributed by atoms with van der Waals surface area (Å²) in [6.07, 6.45) is 0.234. The van der Waals surface area contributed by atoms with Crippen molar-refractivity contribution in [1.29, 1.82) is 0 Å². The highest BCUT2D eigenvalue weighted by molar-refractivity contribution is 5.71. The molecule has 0 fully saturated rings. The van der Waals surface area contributed by atoms with E-state index in [4.69, 9.17) is 15.6 Å². The van der Waals surface area contributed by atoms with E-state index in [9.17, 15) is 4.79 Å². The van der Waals surface area contributed by atoms with Crippen LogP contribution in [0.15, 0.2) is 24.3 Å². The van der Waals surface area contributed by atoms with Gasteiger partial charge in [-0.25, -0.2) is 4.79 Å². The Kier molecular flexibility index (Phi) is 3.93. The topological polar surface area (TPSA) is 90.4 Å². The summed E-state index contributed by atoms with van der Waals surface area (Å²) in [6, 6.07) is 7.48. The molecular formula is C14H17N3O3. The van der Waals surface area contributed by atoms with Gasteiger partial charge in [-0.1, -0.05) is 6.07 Å². The number of anilines is 1. The number of benzene rings is 1. The van der Waals surface area contributed by atoms with Crippen LogP contribution in [0.4, 0.5) is 10.6 Å². The van der Waals surface area contributed by atoms with Crippen LogP contribution in [0.5, 0.6) is 5.75 Å². The second-order valence-electron chi connectivity index (χ2n) is 4.55. The van der Waals surface area contributed by atoms with Crippen molar-refractivity contribution in [2.24, 2.45) is 0 Å². The fraction of sp³-hybridized carbons (Fsp3) is 0.286. The summed E-state index contributed by atoms with van der Waals surface area (Å²) in [7, 11) is 1.63. The van der Waals surface area contributed by atoms with E-state index in [1.54, 1.807) is 13.2 Å². The molecule has 0 bridgehead atoms. The number of nitrogens with two attached hydrogens (primary N) is 1. The van der Waals surface area contributed by atoms with Crippen molar-refractivity contribution in [3.05, 3.63) is 41.1 Å². The van der Waals surface area contributed by atoms with E-state index >= 15 is 0 Å². The van der Waals surface area contributed by atoms with Gasteiger partial charge in [-0.05, 0) is 43.0 Å². The Morgan fingerprint density at radius 3 is 2.70 bits per heavy atom. The van der Waals surface area contributed by atoms with Gasteiger partial charge in [0.05, 0.1) is 12.8 Å². The van der Waals surface area contributed by atoms with Gasteiger partial charge < -0.3 is 15.6 Å². The second kappa shape index (κ2) is 5.64. The number of carbonyl (C=O) groups is 1. The molecule has 2 aromatic rings. The number of carboxylic acid groups (broad SMARTS) is 1. The monoisotopic (exact) mass is 275 g/mol. The van der Waals surface area contributed by atoms with Crippen molar-refractivity contribution in [2.45, 2.75) is 19.8 Å². The lowest BCUT2D eigenvalue weighted by molar-refractivity contribution is 0.193. The molecule has 0 aliphatic heterocycles. The molecule has 0 saturated carbocycles. The lowest BCUT2D eigenvalue weighted by Crippen LogP contribution is -2.12. The van der Waals surface area contributed by atoms with Crippen LogP contribution in [0.1, 0.15) is 16.8 Å². The van der Waals surface area contributed by atoms with Crippen molar-refractivity contribution in [2.75, 3.05) is 12.8 Å². The summed E-state index contributed by atoms with van der Waals surface area (Å²) < 4.78 is 5.95. The van der Waals surface area contributed by atoms with Crippen molar-refractivity contribution in [1.82, 2.24) is 9.78 Å². The maximum Gasteiger partial charge on any atom is 0.434 e. The summed E-state index contributed by atoms with van der Waals surface area (Å²) in [5.41, 5.74) is 8.56. The standard InChI is InChI=1S/C14H17N3O3/c1-9-7-12(20-2)6-4-10(9)3-5-11-8-13(15)17(16-11)14(18)19/h4,6-8H,3,5,15H2,1-2H3,(H,18,19). The predicted octanol–water partition coefficient (Wildman–Crippen LogP) is 2.09. The third-order valence-electron chi connectivity index (χ3n) is 3.17. The summed E-state index contributed by atoms with van der Waals surface area (Å²) in [4.78, 5) is 10.8. The fourth-order valence-electron chi connectivity index (χ4n) is 2.06. The number of aryl methyl sites for hydroxylation is 3. The van der Waals surface area contributed by atoms with Crippen LogP contribution in [0.25, 0.3) is 0 Å². The van der Waals surface area contributed by atoms with Crippen LogP contribution in [-0.4, -0.2) is 28.1 Å². The fourth-order valence-corrected chi connectivity index (χ4v) is 2.06. The number of hydrogen-bond donors (Lipinski definition) is 2. The van der Waals surface area contributed by atoms with E-state index in [1.807, 2.05) is 25.1 Å². The largest absolute Gasteiger partial charge is 0.497 e. The van der Waals surface area contributed by atoms with Gasteiger partial charge in [0.15, 0.2) is 0 Å². The third kappa shape index (κ3) is 2.90. The first kappa shape index (κ1) is 13.9. The number of aromatic nitrogens is 2. The molecule has 0 unspecified atom stereocenters. The summed E-state index contributed by atoms with van der Waals surface area (Å²) in [5.74, 6) is 0.963. The highest BCUT2D eigenvalue weighted by atomic mass is 16.5. The quantitative estimate of drug-likeness (QED) is 0.891. The highest BCUT2D eigenvalue weighted by Gasteiger charge is 2.11.